The number of anilines is 1. The molecular formula is C19H21N3O2S. The van der Waals surface area contributed by atoms with Crippen LogP contribution in [0.4, 0.5) is 5.00 Å². The van der Waals surface area contributed by atoms with Crippen molar-refractivity contribution >= 4 is 28.2 Å². The van der Waals surface area contributed by atoms with Crippen molar-refractivity contribution in [2.75, 3.05) is 25.0 Å². The second-order valence-corrected chi connectivity index (χ2v) is 7.70. The summed E-state index contributed by atoms with van der Waals surface area (Å²) < 4.78 is 0. The summed E-state index contributed by atoms with van der Waals surface area (Å²) in [6, 6.07) is 13.8. The average Bonchev–Trinajstić information content (AvgIpc) is 3.26. The number of nitrogens with one attached hydrogen (secondary N) is 2. The Labute approximate surface area is 151 Å². The number of hydrogen-bond donors (Lipinski definition) is 2. The molecule has 0 spiro atoms. The molecule has 0 saturated carbocycles. The maximum Gasteiger partial charge on any atom is 0.264 e. The molecule has 2 aromatic rings. The van der Waals surface area contributed by atoms with Gasteiger partial charge in [-0.1, -0.05) is 30.3 Å². The second-order valence-electron chi connectivity index (χ2n) is 6.62. The van der Waals surface area contributed by atoms with E-state index in [2.05, 4.69) is 22.8 Å². The second kappa shape index (κ2) is 6.98. The Balaban J connectivity index is 1.33. The minimum absolute atomic E-state index is 0.00793. The van der Waals surface area contributed by atoms with Gasteiger partial charge in [-0.05, 0) is 37.1 Å². The van der Waals surface area contributed by atoms with Gasteiger partial charge in [0.2, 0.25) is 5.91 Å². The van der Waals surface area contributed by atoms with E-state index in [9.17, 15) is 9.59 Å². The van der Waals surface area contributed by atoms with Crippen LogP contribution in [0, 0.1) is 0 Å². The first kappa shape index (κ1) is 16.3. The van der Waals surface area contributed by atoms with Crippen LogP contribution in [0.25, 0.3) is 0 Å². The monoisotopic (exact) mass is 355 g/mol. The Hall–Kier alpha value is -2.18. The summed E-state index contributed by atoms with van der Waals surface area (Å²) in [4.78, 5) is 27.3. The number of rotatable bonds is 4. The van der Waals surface area contributed by atoms with Crippen molar-refractivity contribution in [3.8, 4) is 0 Å². The summed E-state index contributed by atoms with van der Waals surface area (Å²) >= 11 is 1.35. The van der Waals surface area contributed by atoms with Gasteiger partial charge in [0.1, 0.15) is 0 Å². The highest BCUT2D eigenvalue weighted by atomic mass is 32.1. The predicted octanol–water partition coefficient (Wildman–Crippen LogP) is 2.68. The maximum atomic E-state index is 12.6. The van der Waals surface area contributed by atoms with E-state index >= 15 is 0 Å². The van der Waals surface area contributed by atoms with Crippen molar-refractivity contribution in [3.05, 3.63) is 52.9 Å². The number of likely N-dealkylation sites (tertiary alicyclic amines) is 1. The van der Waals surface area contributed by atoms with E-state index in [4.69, 9.17) is 0 Å². The SMILES string of the molecule is O=C(Nc1ccc(C(=O)N2CC(c3ccccc3)C2)s1)[C@@H]1CCCN1. The topological polar surface area (TPSA) is 61.4 Å². The lowest BCUT2D eigenvalue weighted by molar-refractivity contribution is -0.117. The summed E-state index contributed by atoms with van der Waals surface area (Å²) in [6.07, 6.45) is 1.90. The van der Waals surface area contributed by atoms with Crippen LogP contribution < -0.4 is 10.6 Å². The van der Waals surface area contributed by atoms with E-state index < -0.39 is 0 Å². The summed E-state index contributed by atoms with van der Waals surface area (Å²) in [7, 11) is 0. The van der Waals surface area contributed by atoms with Crippen LogP contribution in [0.15, 0.2) is 42.5 Å². The average molecular weight is 355 g/mol. The van der Waals surface area contributed by atoms with Crippen molar-refractivity contribution in [1.82, 2.24) is 10.2 Å². The lowest BCUT2D eigenvalue weighted by Crippen LogP contribution is -2.48. The molecule has 130 valence electrons. The molecule has 1 aromatic heterocycles. The van der Waals surface area contributed by atoms with Crippen LogP contribution in [-0.2, 0) is 4.79 Å². The summed E-state index contributed by atoms with van der Waals surface area (Å²) in [5, 5.41) is 6.83. The van der Waals surface area contributed by atoms with Crippen LogP contribution in [-0.4, -0.2) is 42.4 Å². The van der Waals surface area contributed by atoms with Crippen LogP contribution in [0.1, 0.15) is 34.0 Å². The normalized spacial score (nSPS) is 20.3. The molecule has 3 heterocycles. The van der Waals surface area contributed by atoms with Gasteiger partial charge >= 0.3 is 0 Å². The molecule has 2 saturated heterocycles. The first-order valence-electron chi connectivity index (χ1n) is 8.69. The zero-order valence-electron chi connectivity index (χ0n) is 13.9. The van der Waals surface area contributed by atoms with Crippen LogP contribution in [0.2, 0.25) is 0 Å². The van der Waals surface area contributed by atoms with Gasteiger partial charge in [-0.25, -0.2) is 0 Å². The minimum Gasteiger partial charge on any atom is -0.337 e. The molecule has 0 unspecified atom stereocenters. The van der Waals surface area contributed by atoms with Gasteiger partial charge in [-0.3, -0.25) is 9.59 Å². The van der Waals surface area contributed by atoms with E-state index in [1.54, 1.807) is 6.07 Å². The molecule has 2 aliphatic rings. The Morgan fingerprint density at radius 3 is 2.64 bits per heavy atom. The fraction of sp³-hybridized carbons (Fsp3) is 0.368. The van der Waals surface area contributed by atoms with Crippen molar-refractivity contribution in [3.63, 3.8) is 0 Å². The largest absolute Gasteiger partial charge is 0.337 e. The number of amides is 2. The van der Waals surface area contributed by atoms with Gasteiger partial charge < -0.3 is 15.5 Å². The number of benzene rings is 1. The highest BCUT2D eigenvalue weighted by molar-refractivity contribution is 7.18. The Morgan fingerprint density at radius 2 is 1.92 bits per heavy atom. The third-order valence-corrected chi connectivity index (χ3v) is 5.87. The fourth-order valence-electron chi connectivity index (χ4n) is 3.37. The lowest BCUT2D eigenvalue weighted by Gasteiger charge is -2.39. The zero-order chi connectivity index (χ0) is 17.2. The first-order chi connectivity index (χ1) is 12.2. The molecule has 1 atom stereocenters. The molecule has 2 amide bonds. The van der Waals surface area contributed by atoms with E-state index in [1.165, 1.54) is 16.9 Å². The highest BCUT2D eigenvalue weighted by Crippen LogP contribution is 2.31. The van der Waals surface area contributed by atoms with Gasteiger partial charge in [0.25, 0.3) is 5.91 Å². The van der Waals surface area contributed by atoms with Crippen molar-refractivity contribution in [1.29, 1.82) is 0 Å². The van der Waals surface area contributed by atoms with E-state index in [-0.39, 0.29) is 17.9 Å². The Morgan fingerprint density at radius 1 is 1.12 bits per heavy atom. The number of carbonyl (C=O) groups is 2. The third-order valence-electron chi connectivity index (χ3n) is 4.88. The quantitative estimate of drug-likeness (QED) is 0.886. The van der Waals surface area contributed by atoms with Gasteiger partial charge in [0.15, 0.2) is 0 Å². The standard InChI is InChI=1S/C19H21N3O2S/c23-18(15-7-4-10-20-15)21-17-9-8-16(25-17)19(24)22-11-14(12-22)13-5-2-1-3-6-13/h1-3,5-6,8-9,14-15,20H,4,7,10-12H2,(H,21,23)/t15-/m0/s1. The van der Waals surface area contributed by atoms with Crippen molar-refractivity contribution in [2.24, 2.45) is 0 Å². The number of hydrogen-bond acceptors (Lipinski definition) is 4. The summed E-state index contributed by atoms with van der Waals surface area (Å²) in [5.74, 6) is 0.473. The fourth-order valence-corrected chi connectivity index (χ4v) is 4.25. The van der Waals surface area contributed by atoms with Gasteiger partial charge in [0, 0.05) is 19.0 Å². The zero-order valence-corrected chi connectivity index (χ0v) is 14.7. The predicted molar refractivity (Wildman–Crippen MR) is 99.1 cm³/mol. The highest BCUT2D eigenvalue weighted by Gasteiger charge is 2.32. The summed E-state index contributed by atoms with van der Waals surface area (Å²) in [6.45, 7) is 2.41. The Bertz CT molecular complexity index is 762. The lowest BCUT2D eigenvalue weighted by atomic mass is 9.91. The molecule has 1 aromatic carbocycles. The van der Waals surface area contributed by atoms with Crippen molar-refractivity contribution < 1.29 is 9.59 Å². The molecule has 2 N–H and O–H groups in total. The van der Waals surface area contributed by atoms with Gasteiger partial charge in [-0.15, -0.1) is 11.3 Å². The number of nitrogens with zero attached hydrogens (tertiary/aromatic N) is 1. The molecule has 0 aliphatic carbocycles. The smallest absolute Gasteiger partial charge is 0.264 e. The molecule has 6 heteroatoms. The molecule has 2 fully saturated rings. The molecular weight excluding hydrogens is 334 g/mol. The van der Waals surface area contributed by atoms with Crippen LogP contribution in [0.5, 0.6) is 0 Å². The molecule has 0 bridgehead atoms. The summed E-state index contributed by atoms with van der Waals surface area (Å²) in [5.41, 5.74) is 1.29. The van der Waals surface area contributed by atoms with E-state index in [1.807, 2.05) is 29.2 Å². The van der Waals surface area contributed by atoms with E-state index in [0.717, 1.165) is 37.5 Å². The molecule has 5 nitrogen and oxygen atoms in total. The minimum atomic E-state index is -0.108. The number of thiophene rings is 1. The van der Waals surface area contributed by atoms with Crippen LogP contribution >= 0.6 is 11.3 Å². The first-order valence-corrected chi connectivity index (χ1v) is 9.50. The third kappa shape index (κ3) is 3.45. The van der Waals surface area contributed by atoms with Crippen LogP contribution in [0.3, 0.4) is 0 Å². The maximum absolute atomic E-state index is 12.6. The molecule has 2 aliphatic heterocycles. The van der Waals surface area contributed by atoms with E-state index in [0.29, 0.717) is 10.8 Å². The van der Waals surface area contributed by atoms with Crippen molar-refractivity contribution in [2.45, 2.75) is 24.8 Å². The molecule has 0 radical (unpaired) electrons. The number of carbonyl (C=O) groups excluding carboxylic acids is 2. The molecule has 4 rings (SSSR count). The Kier molecular flexibility index (Phi) is 4.55. The van der Waals surface area contributed by atoms with Gasteiger partial charge in [-0.2, -0.15) is 0 Å². The molecule has 25 heavy (non-hydrogen) atoms. The van der Waals surface area contributed by atoms with Gasteiger partial charge in [0.05, 0.1) is 15.9 Å².